The van der Waals surface area contributed by atoms with E-state index >= 15 is 0 Å². The molecule has 3 aromatic rings. The molecule has 0 unspecified atom stereocenters. The zero-order valence-corrected chi connectivity index (χ0v) is 20.5. The van der Waals surface area contributed by atoms with E-state index in [1.807, 2.05) is 0 Å². The molecule has 1 heterocycles. The highest BCUT2D eigenvalue weighted by atomic mass is 32.2. The number of hydrogen-bond donors (Lipinski definition) is 2. The van der Waals surface area contributed by atoms with Gasteiger partial charge in [-0.25, -0.2) is 17.6 Å². The molecule has 12 heteroatoms. The molecule has 0 fully saturated rings. The molecule has 0 aliphatic heterocycles. The number of nitrogens with zero attached hydrogens (tertiary/aromatic N) is 2. The Morgan fingerprint density at radius 1 is 1.19 bits per heavy atom. The van der Waals surface area contributed by atoms with Crippen molar-refractivity contribution in [2.45, 2.75) is 36.6 Å². The fraction of sp³-hybridized carbons (Fsp3) is 0.292. The molecule has 192 valence electrons. The smallest absolute Gasteiger partial charge is 0.328 e. The number of rotatable bonds is 11. The third-order valence-electron chi connectivity index (χ3n) is 5.92. The van der Waals surface area contributed by atoms with Crippen LogP contribution in [-0.2, 0) is 25.0 Å². The minimum absolute atomic E-state index is 0.0378. The van der Waals surface area contributed by atoms with Crippen molar-refractivity contribution in [3.05, 3.63) is 81.8 Å². The summed E-state index contributed by atoms with van der Waals surface area (Å²) >= 11 is 0. The van der Waals surface area contributed by atoms with E-state index in [2.05, 4.69) is 4.84 Å². The summed E-state index contributed by atoms with van der Waals surface area (Å²) in [6, 6.07) is 13.4. The highest BCUT2D eigenvalue weighted by Gasteiger charge is 2.39. The molecule has 3 rings (SSSR count). The average Bonchev–Trinajstić information content (AvgIpc) is 3.15. The molecular formula is C24H26FN3O7S. The van der Waals surface area contributed by atoms with Gasteiger partial charge >= 0.3 is 5.97 Å². The lowest BCUT2D eigenvalue weighted by Crippen LogP contribution is -2.45. The summed E-state index contributed by atoms with van der Waals surface area (Å²) in [5, 5.41) is 19.5. The number of benzene rings is 2. The van der Waals surface area contributed by atoms with Crippen LogP contribution in [0.4, 0.5) is 4.39 Å². The lowest BCUT2D eigenvalue weighted by molar-refractivity contribution is -0.757. The Kier molecular flexibility index (Phi) is 7.80. The lowest BCUT2D eigenvalue weighted by Gasteiger charge is -2.25. The van der Waals surface area contributed by atoms with Gasteiger partial charge in [-0.2, -0.15) is 0 Å². The molecule has 1 aromatic heterocycles. The topological polar surface area (TPSA) is 155 Å². The first-order valence-electron chi connectivity index (χ1n) is 10.9. The van der Waals surface area contributed by atoms with Crippen molar-refractivity contribution in [2.24, 2.45) is 5.73 Å². The largest absolute Gasteiger partial charge is 0.480 e. The number of unbranched alkanes of at least 4 members (excludes halogenated alkanes) is 1. The van der Waals surface area contributed by atoms with Gasteiger partial charge in [0.15, 0.2) is 9.84 Å². The summed E-state index contributed by atoms with van der Waals surface area (Å²) in [7, 11) is -3.43. The monoisotopic (exact) mass is 519 g/mol. The molecule has 0 saturated carbocycles. The minimum atomic E-state index is -3.43. The van der Waals surface area contributed by atoms with Crippen molar-refractivity contribution in [1.82, 2.24) is 4.57 Å². The van der Waals surface area contributed by atoms with Gasteiger partial charge in [0.1, 0.15) is 11.4 Å². The van der Waals surface area contributed by atoms with Crippen molar-refractivity contribution < 1.29 is 32.6 Å². The first-order chi connectivity index (χ1) is 16.8. The van der Waals surface area contributed by atoms with E-state index in [-0.39, 0.29) is 36.3 Å². The molecule has 0 aliphatic carbocycles. The summed E-state index contributed by atoms with van der Waals surface area (Å²) in [6.07, 6.45) is 1.51. The number of aliphatic carboxylic acids is 1. The number of hydrogen-bond acceptors (Lipinski definition) is 7. The van der Waals surface area contributed by atoms with E-state index in [4.69, 9.17) is 5.73 Å². The second-order valence-electron chi connectivity index (χ2n) is 8.43. The Morgan fingerprint density at radius 3 is 2.42 bits per heavy atom. The highest BCUT2D eigenvalue weighted by molar-refractivity contribution is 7.90. The Morgan fingerprint density at radius 2 is 1.86 bits per heavy atom. The van der Waals surface area contributed by atoms with Crippen LogP contribution in [0.1, 0.15) is 30.5 Å². The van der Waals surface area contributed by atoms with Gasteiger partial charge in [0, 0.05) is 23.2 Å². The summed E-state index contributed by atoms with van der Waals surface area (Å²) in [5.41, 5.74) is 6.77. The predicted octanol–water partition coefficient (Wildman–Crippen LogP) is 3.61. The molecule has 0 radical (unpaired) electrons. The van der Waals surface area contributed by atoms with Gasteiger partial charge in [-0.3, -0.25) is 0 Å². The van der Waals surface area contributed by atoms with Crippen molar-refractivity contribution in [3.8, 4) is 16.9 Å². The molecular weight excluding hydrogens is 493 g/mol. The molecule has 0 bridgehead atoms. The number of carboxylic acids is 1. The lowest BCUT2D eigenvalue weighted by atomic mass is 9.85. The number of carbonyl (C=O) groups is 1. The standard InChI is InChI=1S/C24H26FN3O7S/c1-16-21(24(26,23(29)30)12-3-4-13-35-28(31)32)15-22(27(16)19-7-5-6-18(25)14-19)17-8-10-20(11-9-17)36(2,33)34/h5-11,14-15H,3-4,12-13,26H2,1-2H3,(H,29,30)/t24-/m1/s1. The van der Waals surface area contributed by atoms with Gasteiger partial charge in [-0.05, 0) is 68.1 Å². The van der Waals surface area contributed by atoms with Gasteiger partial charge in [0.05, 0.1) is 17.2 Å². The molecule has 1 atom stereocenters. The van der Waals surface area contributed by atoms with Crippen LogP contribution in [-0.4, -0.2) is 42.0 Å². The zero-order chi connectivity index (χ0) is 26.7. The summed E-state index contributed by atoms with van der Waals surface area (Å²) in [5.74, 6) is -1.79. The second-order valence-corrected chi connectivity index (χ2v) is 10.4. The summed E-state index contributed by atoms with van der Waals surface area (Å²) in [4.78, 5) is 27.1. The molecule has 3 N–H and O–H groups in total. The SMILES string of the molecule is Cc1c([C@](N)(CCCCO[N+](=O)[O-])C(=O)O)cc(-c2ccc(S(C)(=O)=O)cc2)n1-c1cccc(F)c1. The maximum atomic E-state index is 14.1. The Labute approximate surface area is 207 Å². The molecule has 0 amide bonds. The van der Waals surface area contributed by atoms with E-state index in [0.717, 1.165) is 6.26 Å². The fourth-order valence-corrected chi connectivity index (χ4v) is 4.72. The second kappa shape index (κ2) is 10.5. The van der Waals surface area contributed by atoms with Gasteiger partial charge in [0.2, 0.25) is 0 Å². The van der Waals surface area contributed by atoms with Crippen LogP contribution in [0.5, 0.6) is 0 Å². The first kappa shape index (κ1) is 26.8. The Balaban J connectivity index is 2.12. The van der Waals surface area contributed by atoms with E-state index in [1.54, 1.807) is 35.8 Å². The van der Waals surface area contributed by atoms with Crippen LogP contribution in [0.15, 0.2) is 59.5 Å². The van der Waals surface area contributed by atoms with Crippen LogP contribution in [0.2, 0.25) is 0 Å². The average molecular weight is 520 g/mol. The van der Waals surface area contributed by atoms with E-state index in [0.29, 0.717) is 22.6 Å². The van der Waals surface area contributed by atoms with Crippen LogP contribution in [0.25, 0.3) is 16.9 Å². The van der Waals surface area contributed by atoms with Gasteiger partial charge in [-0.15, -0.1) is 10.1 Å². The van der Waals surface area contributed by atoms with Gasteiger partial charge < -0.3 is 20.2 Å². The fourth-order valence-electron chi connectivity index (χ4n) is 4.09. The molecule has 0 spiro atoms. The zero-order valence-electron chi connectivity index (χ0n) is 19.7. The first-order valence-corrected chi connectivity index (χ1v) is 12.8. The van der Waals surface area contributed by atoms with Crippen LogP contribution >= 0.6 is 0 Å². The minimum Gasteiger partial charge on any atom is -0.480 e. The predicted molar refractivity (Wildman–Crippen MR) is 129 cm³/mol. The Hall–Kier alpha value is -3.77. The molecule has 0 saturated heterocycles. The molecule has 0 aliphatic rings. The highest BCUT2D eigenvalue weighted by Crippen LogP contribution is 2.36. The molecule has 10 nitrogen and oxygen atoms in total. The molecule has 36 heavy (non-hydrogen) atoms. The van der Waals surface area contributed by atoms with Crippen LogP contribution in [0.3, 0.4) is 0 Å². The van der Waals surface area contributed by atoms with E-state index in [9.17, 15) is 32.8 Å². The number of nitrogens with two attached hydrogens (primary N) is 1. The maximum Gasteiger partial charge on any atom is 0.328 e. The van der Waals surface area contributed by atoms with E-state index < -0.39 is 32.2 Å². The maximum absolute atomic E-state index is 14.1. The number of halogens is 1. The summed E-state index contributed by atoms with van der Waals surface area (Å²) < 4.78 is 39.5. The number of carboxylic acid groups (broad SMARTS) is 1. The van der Waals surface area contributed by atoms with Crippen molar-refractivity contribution in [2.75, 3.05) is 12.9 Å². The van der Waals surface area contributed by atoms with Crippen molar-refractivity contribution in [3.63, 3.8) is 0 Å². The third-order valence-corrected chi connectivity index (χ3v) is 7.04. The van der Waals surface area contributed by atoms with E-state index in [1.165, 1.54) is 30.3 Å². The molecule has 2 aromatic carbocycles. The van der Waals surface area contributed by atoms with Gasteiger partial charge in [-0.1, -0.05) is 18.2 Å². The van der Waals surface area contributed by atoms with Crippen LogP contribution in [0, 0.1) is 22.9 Å². The Bertz CT molecular complexity index is 1390. The van der Waals surface area contributed by atoms with Gasteiger partial charge in [0.25, 0.3) is 5.09 Å². The summed E-state index contributed by atoms with van der Waals surface area (Å²) in [6.45, 7) is 1.47. The number of sulfone groups is 1. The van der Waals surface area contributed by atoms with Crippen molar-refractivity contribution in [1.29, 1.82) is 0 Å². The van der Waals surface area contributed by atoms with Crippen LogP contribution < -0.4 is 5.73 Å². The van der Waals surface area contributed by atoms with Crippen molar-refractivity contribution >= 4 is 15.8 Å². The number of aromatic nitrogens is 1. The third kappa shape index (κ3) is 5.71. The quantitative estimate of drug-likeness (QED) is 0.221. The normalized spacial score (nSPS) is 13.2.